The third-order valence-electron chi connectivity index (χ3n) is 5.67. The molecule has 1 aliphatic heterocycles. The summed E-state index contributed by atoms with van der Waals surface area (Å²) in [5.41, 5.74) is 8.03. The van der Waals surface area contributed by atoms with Gasteiger partial charge in [-0.15, -0.1) is 0 Å². The van der Waals surface area contributed by atoms with Crippen molar-refractivity contribution in [1.82, 2.24) is 14.9 Å². The van der Waals surface area contributed by atoms with Crippen molar-refractivity contribution < 1.29 is 4.79 Å². The molecule has 1 aliphatic carbocycles. The Morgan fingerprint density at radius 3 is 2.79 bits per heavy atom. The highest BCUT2D eigenvalue weighted by atomic mass is 16.2. The molecule has 0 spiro atoms. The minimum atomic E-state index is -0.0868. The maximum Gasteiger partial charge on any atom is 0.271 e. The van der Waals surface area contributed by atoms with Gasteiger partial charge in [0.25, 0.3) is 5.56 Å². The Hall–Kier alpha value is -2.93. The summed E-state index contributed by atoms with van der Waals surface area (Å²) in [6.07, 6.45) is 11.7. The Bertz CT molecular complexity index is 936. The first-order valence-corrected chi connectivity index (χ1v) is 10.2. The number of H-pyrrole nitrogens is 1. The van der Waals surface area contributed by atoms with Gasteiger partial charge in [0.1, 0.15) is 5.69 Å². The molecule has 0 aromatic carbocycles. The van der Waals surface area contributed by atoms with E-state index in [1.165, 1.54) is 12.8 Å². The van der Waals surface area contributed by atoms with Crippen LogP contribution in [0.25, 0.3) is 11.1 Å². The lowest BCUT2D eigenvalue weighted by atomic mass is 10.1. The zero-order valence-electron chi connectivity index (χ0n) is 16.5. The van der Waals surface area contributed by atoms with Gasteiger partial charge in [0.2, 0.25) is 5.91 Å². The maximum atomic E-state index is 12.7. The Morgan fingerprint density at radius 1 is 1.28 bits per heavy atom. The normalized spacial score (nSPS) is 19.1. The summed E-state index contributed by atoms with van der Waals surface area (Å²) in [6.45, 7) is 2.53. The maximum absolute atomic E-state index is 12.7. The summed E-state index contributed by atoms with van der Waals surface area (Å²) in [5, 5.41) is 0. The highest BCUT2D eigenvalue weighted by Gasteiger charge is 2.34. The molecule has 2 aromatic rings. The first-order valence-electron chi connectivity index (χ1n) is 10.2. The van der Waals surface area contributed by atoms with Crippen LogP contribution in [0.4, 0.5) is 5.69 Å². The number of rotatable bonds is 7. The molecule has 1 saturated heterocycles. The molecular formula is C22H27N5O2. The number of aromatic amines is 1. The Kier molecular flexibility index (Phi) is 5.76. The van der Waals surface area contributed by atoms with Gasteiger partial charge in [-0.05, 0) is 48.9 Å². The van der Waals surface area contributed by atoms with E-state index in [4.69, 9.17) is 5.73 Å². The zero-order valence-corrected chi connectivity index (χ0v) is 16.5. The predicted octanol–water partition coefficient (Wildman–Crippen LogP) is 1.77. The average molecular weight is 393 g/mol. The summed E-state index contributed by atoms with van der Waals surface area (Å²) >= 11 is 0. The van der Waals surface area contributed by atoms with Crippen LogP contribution in [0.2, 0.25) is 0 Å². The van der Waals surface area contributed by atoms with Gasteiger partial charge in [0.05, 0.1) is 0 Å². The van der Waals surface area contributed by atoms with E-state index in [2.05, 4.69) is 14.9 Å². The molecule has 29 heavy (non-hydrogen) atoms. The van der Waals surface area contributed by atoms with Crippen molar-refractivity contribution in [2.75, 3.05) is 31.1 Å². The molecule has 2 fully saturated rings. The third kappa shape index (κ3) is 4.56. The van der Waals surface area contributed by atoms with Crippen LogP contribution < -0.4 is 16.2 Å². The Morgan fingerprint density at radius 2 is 2.07 bits per heavy atom. The molecule has 7 heteroatoms. The number of hydrogen-bond donors (Lipinski definition) is 2. The third-order valence-corrected chi connectivity index (χ3v) is 5.67. The first kappa shape index (κ1) is 19.4. The van der Waals surface area contributed by atoms with Crippen LogP contribution in [0, 0.1) is 5.92 Å². The molecule has 0 radical (unpaired) electrons. The molecular weight excluding hydrogens is 366 g/mol. The number of nitrogens with zero attached hydrogens (tertiary/aromatic N) is 3. The molecule has 4 rings (SSSR count). The van der Waals surface area contributed by atoms with Gasteiger partial charge in [0, 0.05) is 62.5 Å². The highest BCUT2D eigenvalue weighted by molar-refractivity contribution is 5.88. The number of aromatic nitrogens is 2. The number of amides is 1. The van der Waals surface area contributed by atoms with Crippen molar-refractivity contribution >= 4 is 11.6 Å². The quantitative estimate of drug-likeness (QED) is 0.699. The topological polar surface area (TPSA) is 95.3 Å². The predicted molar refractivity (Wildman–Crippen MR) is 114 cm³/mol. The number of nitrogens with one attached hydrogen (secondary N) is 1. The number of pyridine rings is 2. The SMILES string of the molecule is NC/C=C/C(=O)N1CC[C@@H](N(CC2CC2)c2cc(-c3ccncc3)c[nH]c2=O)C1. The van der Waals surface area contributed by atoms with E-state index in [9.17, 15) is 9.59 Å². The van der Waals surface area contributed by atoms with Crippen molar-refractivity contribution in [3.05, 3.63) is 59.3 Å². The van der Waals surface area contributed by atoms with E-state index in [0.717, 1.165) is 24.1 Å². The van der Waals surface area contributed by atoms with Crippen LogP contribution in [0.5, 0.6) is 0 Å². The van der Waals surface area contributed by atoms with E-state index in [-0.39, 0.29) is 17.5 Å². The lowest BCUT2D eigenvalue weighted by Gasteiger charge is -2.31. The van der Waals surface area contributed by atoms with Gasteiger partial charge in [-0.3, -0.25) is 14.6 Å². The number of carbonyl (C=O) groups excluding carboxylic acids is 1. The van der Waals surface area contributed by atoms with E-state index in [0.29, 0.717) is 31.2 Å². The fourth-order valence-corrected chi connectivity index (χ4v) is 3.89. The van der Waals surface area contributed by atoms with Crippen LogP contribution in [0.3, 0.4) is 0 Å². The van der Waals surface area contributed by atoms with Gasteiger partial charge in [-0.25, -0.2) is 0 Å². The molecule has 152 valence electrons. The highest BCUT2D eigenvalue weighted by Crippen LogP contribution is 2.33. The summed E-state index contributed by atoms with van der Waals surface area (Å²) in [4.78, 5) is 36.1. The lowest BCUT2D eigenvalue weighted by molar-refractivity contribution is -0.125. The van der Waals surface area contributed by atoms with Crippen molar-refractivity contribution in [2.24, 2.45) is 11.7 Å². The average Bonchev–Trinajstić information content (AvgIpc) is 3.44. The van der Waals surface area contributed by atoms with Crippen LogP contribution >= 0.6 is 0 Å². The van der Waals surface area contributed by atoms with Crippen molar-refractivity contribution in [3.63, 3.8) is 0 Å². The van der Waals surface area contributed by atoms with Crippen LogP contribution in [0.1, 0.15) is 19.3 Å². The minimum absolute atomic E-state index is 0.0104. The number of anilines is 1. The minimum Gasteiger partial charge on any atom is -0.362 e. The second kappa shape index (κ2) is 8.61. The van der Waals surface area contributed by atoms with Crippen LogP contribution in [-0.4, -0.2) is 53.0 Å². The smallest absolute Gasteiger partial charge is 0.271 e. The van der Waals surface area contributed by atoms with Gasteiger partial charge >= 0.3 is 0 Å². The molecule has 1 amide bonds. The number of hydrogen-bond acceptors (Lipinski definition) is 5. The second-order valence-electron chi connectivity index (χ2n) is 7.80. The molecule has 0 bridgehead atoms. The van der Waals surface area contributed by atoms with Gasteiger partial charge in [0.15, 0.2) is 0 Å². The van der Waals surface area contributed by atoms with E-state index >= 15 is 0 Å². The molecule has 7 nitrogen and oxygen atoms in total. The number of nitrogens with two attached hydrogens (primary N) is 1. The molecule has 3 N–H and O–H groups in total. The molecule has 1 atom stereocenters. The van der Waals surface area contributed by atoms with E-state index in [1.807, 2.05) is 23.1 Å². The van der Waals surface area contributed by atoms with Crippen molar-refractivity contribution in [1.29, 1.82) is 0 Å². The first-order chi connectivity index (χ1) is 14.2. The Labute approximate surface area is 170 Å². The van der Waals surface area contributed by atoms with Gasteiger partial charge < -0.3 is 20.5 Å². The van der Waals surface area contributed by atoms with Crippen LogP contribution in [0.15, 0.2) is 53.7 Å². The van der Waals surface area contributed by atoms with Crippen LogP contribution in [-0.2, 0) is 4.79 Å². The fraction of sp³-hybridized carbons (Fsp3) is 0.409. The summed E-state index contributed by atoms with van der Waals surface area (Å²) in [6, 6.07) is 5.97. The number of carbonyl (C=O) groups is 1. The summed E-state index contributed by atoms with van der Waals surface area (Å²) < 4.78 is 0. The van der Waals surface area contributed by atoms with Gasteiger partial charge in [-0.2, -0.15) is 0 Å². The fourth-order valence-electron chi connectivity index (χ4n) is 3.89. The second-order valence-corrected chi connectivity index (χ2v) is 7.80. The molecule has 1 saturated carbocycles. The summed E-state index contributed by atoms with van der Waals surface area (Å²) in [7, 11) is 0. The molecule has 2 aliphatic rings. The monoisotopic (exact) mass is 393 g/mol. The standard InChI is InChI=1S/C22H27N5O2/c23-8-1-2-21(28)26-11-7-19(15-26)27(14-16-3-4-16)20-12-18(13-25-22(20)29)17-5-9-24-10-6-17/h1-2,5-6,9-10,12-13,16,19H,3-4,7-8,11,14-15,23H2,(H,25,29)/b2-1+/t19-/m1/s1. The lowest BCUT2D eigenvalue weighted by Crippen LogP contribution is -2.42. The van der Waals surface area contributed by atoms with Gasteiger partial charge in [-0.1, -0.05) is 6.08 Å². The summed E-state index contributed by atoms with van der Waals surface area (Å²) in [5.74, 6) is 0.615. The molecule has 2 aromatic heterocycles. The molecule has 0 unspecified atom stereocenters. The van der Waals surface area contributed by atoms with E-state index in [1.54, 1.807) is 30.7 Å². The Balaban J connectivity index is 1.60. The van der Waals surface area contributed by atoms with E-state index < -0.39 is 0 Å². The molecule has 3 heterocycles. The number of likely N-dealkylation sites (tertiary alicyclic amines) is 1. The largest absolute Gasteiger partial charge is 0.362 e. The van der Waals surface area contributed by atoms with Crippen molar-refractivity contribution in [3.8, 4) is 11.1 Å². The van der Waals surface area contributed by atoms with Crippen molar-refractivity contribution in [2.45, 2.75) is 25.3 Å². The zero-order chi connectivity index (χ0) is 20.2.